The minimum absolute atomic E-state index is 0.136. The van der Waals surface area contributed by atoms with Gasteiger partial charge in [-0.25, -0.2) is 4.98 Å². The summed E-state index contributed by atoms with van der Waals surface area (Å²) in [6.07, 6.45) is 0.644. The van der Waals surface area contributed by atoms with E-state index in [4.69, 9.17) is 5.11 Å². The van der Waals surface area contributed by atoms with Gasteiger partial charge < -0.3 is 9.67 Å². The van der Waals surface area contributed by atoms with Gasteiger partial charge in [0.1, 0.15) is 10.4 Å². The van der Waals surface area contributed by atoms with Gasteiger partial charge in [-0.3, -0.25) is 4.79 Å². The van der Waals surface area contributed by atoms with E-state index < -0.39 is 5.97 Å². The van der Waals surface area contributed by atoms with Crippen LogP contribution in [0.3, 0.4) is 0 Å². The first-order valence-corrected chi connectivity index (χ1v) is 4.71. The molecule has 4 nitrogen and oxygen atoms in total. The second-order valence-electron chi connectivity index (χ2n) is 2.85. The molecule has 0 aliphatic rings. The zero-order valence-corrected chi connectivity index (χ0v) is 9.13. The molecule has 0 saturated heterocycles. The molecule has 0 amide bonds. The second-order valence-corrected chi connectivity index (χ2v) is 3.60. The van der Waals surface area contributed by atoms with E-state index in [2.05, 4.69) is 20.9 Å². The summed E-state index contributed by atoms with van der Waals surface area (Å²) in [5.74, 6) is 0.0954. The summed E-state index contributed by atoms with van der Waals surface area (Å²) in [5.41, 5.74) is 0.930. The number of hydrogen-bond acceptors (Lipinski definition) is 2. The van der Waals surface area contributed by atoms with Crippen LogP contribution in [0.1, 0.15) is 17.9 Å². The fourth-order valence-electron chi connectivity index (χ4n) is 1.11. The Morgan fingerprint density at radius 3 is 2.69 bits per heavy atom. The van der Waals surface area contributed by atoms with E-state index in [1.54, 1.807) is 0 Å². The van der Waals surface area contributed by atoms with Crippen LogP contribution in [0.15, 0.2) is 4.60 Å². The highest BCUT2D eigenvalue weighted by Gasteiger charge is 2.10. The lowest BCUT2D eigenvalue weighted by Gasteiger charge is -2.01. The Balaban J connectivity index is 2.81. The summed E-state index contributed by atoms with van der Waals surface area (Å²) in [6.45, 7) is 1.88. The number of hydrogen-bond donors (Lipinski definition) is 1. The first-order chi connectivity index (χ1) is 6.02. The van der Waals surface area contributed by atoms with Crippen molar-refractivity contribution < 1.29 is 9.90 Å². The molecule has 0 radical (unpaired) electrons. The number of nitrogens with zero attached hydrogens (tertiary/aromatic N) is 2. The van der Waals surface area contributed by atoms with Crippen molar-refractivity contribution in [2.75, 3.05) is 0 Å². The maximum absolute atomic E-state index is 10.4. The highest BCUT2D eigenvalue weighted by Crippen LogP contribution is 2.17. The third-order valence-corrected chi connectivity index (χ3v) is 2.60. The van der Waals surface area contributed by atoms with Crippen molar-refractivity contribution in [3.8, 4) is 0 Å². The summed E-state index contributed by atoms with van der Waals surface area (Å²) in [5, 5.41) is 8.52. The topological polar surface area (TPSA) is 55.1 Å². The normalized spacial score (nSPS) is 10.4. The molecule has 72 valence electrons. The van der Waals surface area contributed by atoms with Gasteiger partial charge in [0.05, 0.1) is 12.1 Å². The molecule has 1 N–H and O–H groups in total. The Morgan fingerprint density at radius 1 is 1.69 bits per heavy atom. The van der Waals surface area contributed by atoms with Crippen molar-refractivity contribution in [1.29, 1.82) is 0 Å². The van der Waals surface area contributed by atoms with Crippen molar-refractivity contribution >= 4 is 21.9 Å². The Morgan fingerprint density at radius 2 is 2.31 bits per heavy atom. The number of imidazole rings is 1. The maximum Gasteiger partial charge on any atom is 0.303 e. The molecule has 1 rings (SSSR count). The van der Waals surface area contributed by atoms with Crippen LogP contribution in [0.5, 0.6) is 0 Å². The van der Waals surface area contributed by atoms with Crippen molar-refractivity contribution in [1.82, 2.24) is 9.55 Å². The quantitative estimate of drug-likeness (QED) is 0.880. The summed E-state index contributed by atoms with van der Waals surface area (Å²) in [4.78, 5) is 14.5. The summed E-state index contributed by atoms with van der Waals surface area (Å²) in [6, 6.07) is 0. The van der Waals surface area contributed by atoms with Gasteiger partial charge >= 0.3 is 5.97 Å². The lowest BCUT2D eigenvalue weighted by Crippen LogP contribution is -2.03. The van der Waals surface area contributed by atoms with Crippen LogP contribution < -0.4 is 0 Å². The van der Waals surface area contributed by atoms with E-state index in [1.807, 2.05) is 18.5 Å². The average molecular weight is 247 g/mol. The zero-order valence-electron chi connectivity index (χ0n) is 7.54. The van der Waals surface area contributed by atoms with Crippen molar-refractivity contribution in [3.63, 3.8) is 0 Å². The van der Waals surface area contributed by atoms with Gasteiger partial charge in [-0.15, -0.1) is 0 Å². The minimum atomic E-state index is -0.786. The molecule has 5 heteroatoms. The molecule has 1 aromatic heterocycles. The maximum atomic E-state index is 10.4. The number of halogens is 1. The predicted molar refractivity (Wildman–Crippen MR) is 51.6 cm³/mol. The van der Waals surface area contributed by atoms with Crippen LogP contribution in [-0.2, 0) is 18.3 Å². The fourth-order valence-corrected chi connectivity index (χ4v) is 1.83. The number of aliphatic carboxylic acids is 1. The van der Waals surface area contributed by atoms with Gasteiger partial charge in [0.25, 0.3) is 0 Å². The highest BCUT2D eigenvalue weighted by atomic mass is 79.9. The van der Waals surface area contributed by atoms with Crippen molar-refractivity contribution in [3.05, 3.63) is 16.1 Å². The van der Waals surface area contributed by atoms with Crippen LogP contribution in [0.2, 0.25) is 0 Å². The van der Waals surface area contributed by atoms with Crippen LogP contribution in [0.4, 0.5) is 0 Å². The molecule has 0 fully saturated rings. The number of aryl methyl sites for hydroxylation is 1. The largest absolute Gasteiger partial charge is 0.481 e. The molecule has 0 saturated carbocycles. The van der Waals surface area contributed by atoms with E-state index in [9.17, 15) is 4.79 Å². The average Bonchev–Trinajstić information content (AvgIpc) is 2.24. The van der Waals surface area contributed by atoms with E-state index >= 15 is 0 Å². The SMILES string of the molecule is Cc1nc(Br)c(CCC(=O)O)n1C. The second kappa shape index (κ2) is 3.91. The third-order valence-electron chi connectivity index (χ3n) is 1.96. The highest BCUT2D eigenvalue weighted by molar-refractivity contribution is 9.10. The molecule has 0 aliphatic carbocycles. The first-order valence-electron chi connectivity index (χ1n) is 3.92. The molecule has 1 aromatic rings. The molecule has 0 atom stereocenters. The Bertz CT molecular complexity index is 333. The molecule has 0 spiro atoms. The Hall–Kier alpha value is -0.840. The van der Waals surface area contributed by atoms with Crippen LogP contribution >= 0.6 is 15.9 Å². The lowest BCUT2D eigenvalue weighted by atomic mass is 10.2. The van der Waals surface area contributed by atoms with E-state index in [0.29, 0.717) is 6.42 Å². The minimum Gasteiger partial charge on any atom is -0.481 e. The molecular formula is C8H11BrN2O2. The summed E-state index contributed by atoms with van der Waals surface area (Å²) in [7, 11) is 1.88. The number of carboxylic acid groups (broad SMARTS) is 1. The molecule has 13 heavy (non-hydrogen) atoms. The van der Waals surface area contributed by atoms with E-state index in [0.717, 1.165) is 16.1 Å². The smallest absolute Gasteiger partial charge is 0.303 e. The molecular weight excluding hydrogens is 236 g/mol. The predicted octanol–water partition coefficient (Wildman–Crippen LogP) is 1.51. The number of rotatable bonds is 3. The molecule has 0 unspecified atom stereocenters. The summed E-state index contributed by atoms with van der Waals surface area (Å²) >= 11 is 3.29. The molecule has 0 aliphatic heterocycles. The zero-order chi connectivity index (χ0) is 10.0. The van der Waals surface area contributed by atoms with E-state index in [-0.39, 0.29) is 6.42 Å². The number of carboxylic acids is 1. The number of carbonyl (C=O) groups is 1. The van der Waals surface area contributed by atoms with Crippen LogP contribution in [0, 0.1) is 6.92 Å². The summed E-state index contributed by atoms with van der Waals surface area (Å²) < 4.78 is 2.64. The lowest BCUT2D eigenvalue weighted by molar-refractivity contribution is -0.136. The number of aromatic nitrogens is 2. The van der Waals surface area contributed by atoms with Gasteiger partial charge in [-0.2, -0.15) is 0 Å². The molecule has 1 heterocycles. The van der Waals surface area contributed by atoms with Gasteiger partial charge in [-0.1, -0.05) is 0 Å². The molecule has 0 bridgehead atoms. The van der Waals surface area contributed by atoms with Gasteiger partial charge in [-0.05, 0) is 22.9 Å². The first kappa shape index (κ1) is 10.2. The van der Waals surface area contributed by atoms with Crippen molar-refractivity contribution in [2.45, 2.75) is 19.8 Å². The van der Waals surface area contributed by atoms with E-state index in [1.165, 1.54) is 0 Å². The Labute approximate surface area is 84.7 Å². The van der Waals surface area contributed by atoms with Crippen LogP contribution in [-0.4, -0.2) is 20.6 Å². The third kappa shape index (κ3) is 2.30. The molecule has 0 aromatic carbocycles. The van der Waals surface area contributed by atoms with Gasteiger partial charge in [0, 0.05) is 13.5 Å². The standard InChI is InChI=1S/C8H11BrN2O2/c1-5-10-8(9)6(11(5)2)3-4-7(12)13/h3-4H2,1-2H3,(H,12,13). The van der Waals surface area contributed by atoms with Gasteiger partial charge in [0.2, 0.25) is 0 Å². The monoisotopic (exact) mass is 246 g/mol. The van der Waals surface area contributed by atoms with Crippen molar-refractivity contribution in [2.24, 2.45) is 7.05 Å². The van der Waals surface area contributed by atoms with Gasteiger partial charge in [0.15, 0.2) is 0 Å². The Kier molecular flexibility index (Phi) is 3.08. The van der Waals surface area contributed by atoms with Crippen LogP contribution in [0.25, 0.3) is 0 Å². The fraction of sp³-hybridized carbons (Fsp3) is 0.500.